The Hall–Kier alpha value is -1.40. The molecule has 6 heteroatoms. The number of rotatable bonds is 6. The molecule has 1 saturated carbocycles. The summed E-state index contributed by atoms with van der Waals surface area (Å²) in [4.78, 5) is 3.98. The lowest BCUT2D eigenvalue weighted by Crippen LogP contribution is -2.32. The summed E-state index contributed by atoms with van der Waals surface area (Å²) < 4.78 is 2.44. The maximum absolute atomic E-state index is 9.37. The second-order valence-corrected chi connectivity index (χ2v) is 6.05. The summed E-state index contributed by atoms with van der Waals surface area (Å²) in [5.41, 5.74) is 0. The third-order valence-electron chi connectivity index (χ3n) is 3.93. The Labute approximate surface area is 133 Å². The largest absolute Gasteiger partial charge is 0.396 e. The van der Waals surface area contributed by atoms with Gasteiger partial charge < -0.3 is 10.4 Å². The molecule has 1 aromatic rings. The number of nitrogens with zero attached hydrogens (tertiary/aromatic N) is 3. The molecule has 1 heterocycles. The average molecular weight is 353 g/mol. The van der Waals surface area contributed by atoms with E-state index in [-0.39, 0.29) is 12.6 Å². The highest BCUT2D eigenvalue weighted by atomic mass is 79.9. The lowest BCUT2D eigenvalue weighted by molar-refractivity contribution is 0.227. The molecule has 1 aliphatic rings. The van der Waals surface area contributed by atoms with Crippen molar-refractivity contribution in [2.24, 2.45) is 16.8 Å². The van der Waals surface area contributed by atoms with Crippen LogP contribution in [-0.4, -0.2) is 34.3 Å². The number of halogens is 1. The van der Waals surface area contributed by atoms with Gasteiger partial charge in [0.2, 0.25) is 0 Å². The van der Waals surface area contributed by atoms with Crippen LogP contribution in [0.5, 0.6) is 0 Å². The normalized spacial score (nSPS) is 25.9. The van der Waals surface area contributed by atoms with Gasteiger partial charge in [0.1, 0.15) is 10.4 Å². The van der Waals surface area contributed by atoms with Gasteiger partial charge in [-0.25, -0.2) is 4.99 Å². The number of aliphatic imine (C=N–C) groups is 1. The third kappa shape index (κ3) is 3.44. The zero-order valence-electron chi connectivity index (χ0n) is 12.2. The molecule has 2 N–H and O–H groups in total. The highest BCUT2D eigenvalue weighted by molar-refractivity contribution is 9.10. The van der Waals surface area contributed by atoms with E-state index in [0.717, 1.165) is 18.7 Å². The maximum atomic E-state index is 9.37. The maximum Gasteiger partial charge on any atom is 0.157 e. The minimum Gasteiger partial charge on any atom is -0.396 e. The molecule has 0 spiro atoms. The quantitative estimate of drug-likeness (QED) is 0.611. The van der Waals surface area contributed by atoms with Crippen molar-refractivity contribution in [2.45, 2.75) is 25.8 Å². The molecule has 5 nitrogen and oxygen atoms in total. The number of hydrogen-bond donors (Lipinski definition) is 2. The predicted molar refractivity (Wildman–Crippen MR) is 89.5 cm³/mol. The highest BCUT2D eigenvalue weighted by Crippen LogP contribution is 2.33. The van der Waals surface area contributed by atoms with Crippen molar-refractivity contribution in [1.82, 2.24) is 15.1 Å². The van der Waals surface area contributed by atoms with E-state index in [0.29, 0.717) is 22.3 Å². The van der Waals surface area contributed by atoms with Gasteiger partial charge in [-0.05, 0) is 60.3 Å². The fraction of sp³-hybridized carbons (Fsp3) is 0.467. The standard InChI is InChI=1S/C15H21BrN4O/c1-4-11-6-10(9-21)7-12(11)18-14(5-2)20-15(17-3)8-13(16)19-20/h4-5,8,10-12,18,21H,1,3,6-7,9H2,2H3/b14-5-/t10-,11-,12-/m1/s1. The van der Waals surface area contributed by atoms with Crippen LogP contribution in [-0.2, 0) is 0 Å². The fourth-order valence-electron chi connectivity index (χ4n) is 2.84. The van der Waals surface area contributed by atoms with Crippen molar-refractivity contribution in [3.05, 3.63) is 29.4 Å². The zero-order chi connectivity index (χ0) is 15.4. The first-order chi connectivity index (χ1) is 10.1. The van der Waals surface area contributed by atoms with E-state index in [1.54, 1.807) is 4.68 Å². The lowest BCUT2D eigenvalue weighted by Gasteiger charge is -2.21. The molecule has 0 saturated heterocycles. The van der Waals surface area contributed by atoms with E-state index in [1.165, 1.54) is 0 Å². The van der Waals surface area contributed by atoms with Gasteiger partial charge in [-0.3, -0.25) is 0 Å². The molecule has 0 unspecified atom stereocenters. The van der Waals surface area contributed by atoms with Crippen LogP contribution in [0.2, 0.25) is 0 Å². The predicted octanol–water partition coefficient (Wildman–Crippen LogP) is 2.96. The van der Waals surface area contributed by atoms with Crippen molar-refractivity contribution < 1.29 is 5.11 Å². The monoisotopic (exact) mass is 352 g/mol. The van der Waals surface area contributed by atoms with E-state index in [4.69, 9.17) is 0 Å². The van der Waals surface area contributed by atoms with Crippen LogP contribution in [0.15, 0.2) is 34.4 Å². The summed E-state index contributed by atoms with van der Waals surface area (Å²) in [5.74, 6) is 2.20. The van der Waals surface area contributed by atoms with Gasteiger partial charge in [-0.1, -0.05) is 6.08 Å². The van der Waals surface area contributed by atoms with Gasteiger partial charge in [0, 0.05) is 18.7 Å². The second kappa shape index (κ2) is 7.04. The van der Waals surface area contributed by atoms with E-state index < -0.39 is 0 Å². The highest BCUT2D eigenvalue weighted by Gasteiger charge is 2.32. The summed E-state index contributed by atoms with van der Waals surface area (Å²) in [5, 5.41) is 17.3. The van der Waals surface area contributed by atoms with Crippen LogP contribution in [0.25, 0.3) is 5.82 Å². The molecule has 1 aromatic heterocycles. The van der Waals surface area contributed by atoms with Crippen LogP contribution >= 0.6 is 15.9 Å². The number of allylic oxidation sites excluding steroid dienone is 1. The van der Waals surface area contributed by atoms with Crippen molar-refractivity contribution in [2.75, 3.05) is 6.61 Å². The summed E-state index contributed by atoms with van der Waals surface area (Å²) >= 11 is 3.36. The molecule has 21 heavy (non-hydrogen) atoms. The van der Waals surface area contributed by atoms with Crippen LogP contribution in [0.4, 0.5) is 5.82 Å². The number of aliphatic hydroxyl groups excluding tert-OH is 1. The van der Waals surface area contributed by atoms with Crippen molar-refractivity contribution in [1.29, 1.82) is 0 Å². The summed E-state index contributed by atoms with van der Waals surface area (Å²) in [6.45, 7) is 9.65. The van der Waals surface area contributed by atoms with Gasteiger partial charge >= 0.3 is 0 Å². The van der Waals surface area contributed by atoms with Crippen molar-refractivity contribution >= 4 is 34.3 Å². The van der Waals surface area contributed by atoms with E-state index in [2.05, 4.69) is 44.6 Å². The summed E-state index contributed by atoms with van der Waals surface area (Å²) in [6, 6.07) is 2.06. The molecule has 0 aromatic carbocycles. The molecule has 2 rings (SSSR count). The number of hydrogen-bond acceptors (Lipinski definition) is 4. The van der Waals surface area contributed by atoms with Crippen LogP contribution in [0.3, 0.4) is 0 Å². The first-order valence-electron chi connectivity index (χ1n) is 7.01. The Morgan fingerprint density at radius 3 is 3.00 bits per heavy atom. The van der Waals surface area contributed by atoms with Gasteiger partial charge in [0.15, 0.2) is 5.82 Å². The van der Waals surface area contributed by atoms with E-state index >= 15 is 0 Å². The SMILES string of the molecule is C=C[C@@H]1C[C@@H](CO)C[C@H]1N/C(=C/C)n1nc(Br)cc1N=C. The Balaban J connectivity index is 2.19. The fourth-order valence-corrected chi connectivity index (χ4v) is 3.21. The number of aliphatic hydroxyl groups is 1. The summed E-state index contributed by atoms with van der Waals surface area (Å²) in [6.07, 6.45) is 5.81. The molecule has 114 valence electrons. The lowest BCUT2D eigenvalue weighted by atomic mass is 10.0. The molecule has 1 fully saturated rings. The second-order valence-electron chi connectivity index (χ2n) is 5.24. The zero-order valence-corrected chi connectivity index (χ0v) is 13.8. The molecule has 1 aliphatic carbocycles. The minimum atomic E-state index is 0.223. The van der Waals surface area contributed by atoms with Gasteiger partial charge in [-0.2, -0.15) is 9.78 Å². The smallest absolute Gasteiger partial charge is 0.157 e. The molecular formula is C15H21BrN4O. The number of aromatic nitrogens is 2. The van der Waals surface area contributed by atoms with Crippen LogP contribution in [0.1, 0.15) is 19.8 Å². The molecule has 0 aliphatic heterocycles. The Bertz CT molecular complexity index is 552. The van der Waals surface area contributed by atoms with Gasteiger partial charge in [-0.15, -0.1) is 6.58 Å². The van der Waals surface area contributed by atoms with Gasteiger partial charge in [0.25, 0.3) is 0 Å². The third-order valence-corrected chi connectivity index (χ3v) is 4.32. The minimum absolute atomic E-state index is 0.223. The Kier molecular flexibility index (Phi) is 5.36. The molecule has 0 bridgehead atoms. The van der Waals surface area contributed by atoms with Crippen molar-refractivity contribution in [3.63, 3.8) is 0 Å². The first-order valence-corrected chi connectivity index (χ1v) is 7.81. The Morgan fingerprint density at radius 1 is 1.67 bits per heavy atom. The van der Waals surface area contributed by atoms with E-state index in [9.17, 15) is 5.11 Å². The Morgan fingerprint density at radius 2 is 2.43 bits per heavy atom. The van der Waals surface area contributed by atoms with E-state index in [1.807, 2.05) is 25.1 Å². The van der Waals surface area contributed by atoms with Gasteiger partial charge in [0.05, 0.1) is 0 Å². The van der Waals surface area contributed by atoms with Crippen LogP contribution < -0.4 is 5.32 Å². The topological polar surface area (TPSA) is 62.4 Å². The molecule has 0 radical (unpaired) electrons. The van der Waals surface area contributed by atoms with Crippen LogP contribution in [0, 0.1) is 11.8 Å². The molecule has 0 amide bonds. The summed E-state index contributed by atoms with van der Waals surface area (Å²) in [7, 11) is 0. The first kappa shape index (κ1) is 16.0. The molecular weight excluding hydrogens is 332 g/mol. The molecule has 3 atom stereocenters. The average Bonchev–Trinajstić information content (AvgIpc) is 3.07. The van der Waals surface area contributed by atoms with Crippen molar-refractivity contribution in [3.8, 4) is 0 Å². The number of nitrogens with one attached hydrogen (secondary N) is 1.